The van der Waals surface area contributed by atoms with Gasteiger partial charge in [0.15, 0.2) is 12.4 Å². The van der Waals surface area contributed by atoms with Gasteiger partial charge in [-0.25, -0.2) is 0 Å². The molecular weight excluding hydrogens is 789 g/mol. The maximum absolute atomic E-state index is 12.8. The molecule has 1 saturated heterocycles. The van der Waals surface area contributed by atoms with E-state index in [-0.39, 0.29) is 19.4 Å². The van der Waals surface area contributed by atoms with Crippen LogP contribution in [0.2, 0.25) is 0 Å². The molecule has 0 aromatic rings. The lowest BCUT2D eigenvalue weighted by molar-refractivity contribution is -0.297. The zero-order valence-corrected chi connectivity index (χ0v) is 37.6. The van der Waals surface area contributed by atoms with Crippen LogP contribution in [0.15, 0.2) is 60.8 Å². The van der Waals surface area contributed by atoms with Gasteiger partial charge in [0, 0.05) is 12.8 Å². The standard InChI is InChI=1S/C47H80O12S/c1-3-5-7-9-11-13-15-17-19-20-22-24-26-28-30-32-34-36-43(49)58-40(38-57-47-46(52)45(51)44(50)41(59-47)39-60(53,54)55)37-56-42(48)35-33-31-29-27-25-23-21-18-16-14-12-10-8-6-4-2/h6,8,10,12,14,16-19,21,40-41,44-47,50-52H,3-5,7,9,11,13,15,20,22-39H2,1-2H3,(H,53,54,55)/b8-6+,12-10+,16-14+,19-17+,21-18+/t40-,41-,44-,45?,46?,47+/m1/s1. The van der Waals surface area contributed by atoms with Crippen LogP contribution in [-0.4, -0.2) is 96.0 Å². The Kier molecular flexibility index (Phi) is 34.1. The maximum Gasteiger partial charge on any atom is 0.306 e. The lowest BCUT2D eigenvalue weighted by atomic mass is 10.00. The molecule has 6 atom stereocenters. The third-order valence-corrected chi connectivity index (χ3v) is 10.9. The lowest BCUT2D eigenvalue weighted by Crippen LogP contribution is -2.60. The van der Waals surface area contributed by atoms with Crippen LogP contribution in [0.5, 0.6) is 0 Å². The van der Waals surface area contributed by atoms with Crippen molar-refractivity contribution in [1.82, 2.24) is 0 Å². The van der Waals surface area contributed by atoms with E-state index in [0.717, 1.165) is 70.6 Å². The second kappa shape index (κ2) is 37.0. The third kappa shape index (κ3) is 31.2. The van der Waals surface area contributed by atoms with Crippen LogP contribution in [0.1, 0.15) is 168 Å². The zero-order chi connectivity index (χ0) is 44.1. The molecule has 12 nitrogen and oxygen atoms in total. The first-order chi connectivity index (χ1) is 29.0. The molecule has 2 unspecified atom stereocenters. The summed E-state index contributed by atoms with van der Waals surface area (Å²) in [6, 6.07) is 0. The van der Waals surface area contributed by atoms with Gasteiger partial charge in [-0.15, -0.1) is 0 Å². The summed E-state index contributed by atoms with van der Waals surface area (Å²) in [5.74, 6) is -2.02. The van der Waals surface area contributed by atoms with E-state index in [0.29, 0.717) is 12.8 Å². The van der Waals surface area contributed by atoms with Crippen molar-refractivity contribution in [3.8, 4) is 0 Å². The Morgan fingerprint density at radius 2 is 1.07 bits per heavy atom. The van der Waals surface area contributed by atoms with E-state index in [4.69, 9.17) is 18.9 Å². The summed E-state index contributed by atoms with van der Waals surface area (Å²) < 4.78 is 54.1. The van der Waals surface area contributed by atoms with Crippen molar-refractivity contribution in [3.63, 3.8) is 0 Å². The smallest absolute Gasteiger partial charge is 0.306 e. The van der Waals surface area contributed by atoms with Gasteiger partial charge in [-0.1, -0.05) is 158 Å². The molecule has 0 aromatic carbocycles. The van der Waals surface area contributed by atoms with Gasteiger partial charge in [-0.3, -0.25) is 14.1 Å². The number of esters is 2. The molecule has 0 aliphatic carbocycles. The van der Waals surface area contributed by atoms with E-state index in [1.807, 2.05) is 36.5 Å². The number of carbonyl (C=O) groups is 2. The minimum atomic E-state index is -4.61. The summed E-state index contributed by atoms with van der Waals surface area (Å²) in [5.41, 5.74) is 0. The van der Waals surface area contributed by atoms with Gasteiger partial charge in [0.25, 0.3) is 10.1 Å². The SMILES string of the molecule is CC/C=C/C=C/C=C/C=C/CCCCCCCC(=O)OC[C@H](CO[C@H]1O[C@H](CS(=O)(=O)O)[C@@H](O)C(O)C1O)OC(=O)CCCCCCCCC/C=C/CCCCCCCC. The molecule has 1 rings (SSSR count). The summed E-state index contributed by atoms with van der Waals surface area (Å²) >= 11 is 0. The summed E-state index contributed by atoms with van der Waals surface area (Å²) in [6.45, 7) is 3.59. The molecule has 60 heavy (non-hydrogen) atoms. The average molecular weight is 869 g/mol. The second-order valence-corrected chi connectivity index (χ2v) is 17.3. The molecule has 346 valence electrons. The van der Waals surface area contributed by atoms with Crippen LogP contribution >= 0.6 is 0 Å². The minimum Gasteiger partial charge on any atom is -0.462 e. The van der Waals surface area contributed by atoms with Crippen molar-refractivity contribution in [2.75, 3.05) is 19.0 Å². The van der Waals surface area contributed by atoms with Crippen LogP contribution < -0.4 is 0 Å². The van der Waals surface area contributed by atoms with Crippen molar-refractivity contribution in [1.29, 1.82) is 0 Å². The van der Waals surface area contributed by atoms with Gasteiger partial charge >= 0.3 is 11.9 Å². The van der Waals surface area contributed by atoms with E-state index in [9.17, 15) is 37.9 Å². The Hall–Kier alpha value is -2.65. The van der Waals surface area contributed by atoms with Crippen LogP contribution in [0.4, 0.5) is 0 Å². The summed E-state index contributed by atoms with van der Waals surface area (Å²) in [4.78, 5) is 25.4. The zero-order valence-electron chi connectivity index (χ0n) is 36.8. The largest absolute Gasteiger partial charge is 0.462 e. The molecule has 0 saturated carbocycles. The number of carbonyl (C=O) groups excluding carboxylic acids is 2. The predicted octanol–water partition coefficient (Wildman–Crippen LogP) is 9.34. The molecule has 0 amide bonds. The fourth-order valence-electron chi connectivity index (χ4n) is 6.62. The van der Waals surface area contributed by atoms with Crippen molar-refractivity contribution in [3.05, 3.63) is 60.8 Å². The third-order valence-electron chi connectivity index (χ3n) is 10.2. The minimum absolute atomic E-state index is 0.151. The first kappa shape index (κ1) is 55.4. The van der Waals surface area contributed by atoms with Crippen LogP contribution in [0.25, 0.3) is 0 Å². The van der Waals surface area contributed by atoms with Crippen molar-refractivity contribution < 1.29 is 56.8 Å². The molecule has 1 heterocycles. The Morgan fingerprint density at radius 1 is 0.583 bits per heavy atom. The van der Waals surface area contributed by atoms with Crippen molar-refractivity contribution >= 4 is 22.1 Å². The van der Waals surface area contributed by atoms with Gasteiger partial charge in [-0.05, 0) is 57.8 Å². The van der Waals surface area contributed by atoms with E-state index >= 15 is 0 Å². The topological polar surface area (TPSA) is 186 Å². The highest BCUT2D eigenvalue weighted by Crippen LogP contribution is 2.24. The molecule has 0 spiro atoms. The highest BCUT2D eigenvalue weighted by atomic mass is 32.2. The van der Waals surface area contributed by atoms with Gasteiger partial charge in [0.2, 0.25) is 0 Å². The molecule has 1 fully saturated rings. The number of aliphatic hydroxyl groups is 3. The Labute approximate surface area is 362 Å². The maximum atomic E-state index is 12.8. The number of ether oxygens (including phenoxy) is 4. The summed E-state index contributed by atoms with van der Waals surface area (Å²) in [6.07, 6.45) is 35.4. The normalized spacial score (nSPS) is 20.7. The number of rotatable bonds is 37. The Bertz CT molecular complexity index is 1340. The van der Waals surface area contributed by atoms with Crippen LogP contribution in [-0.2, 0) is 38.7 Å². The van der Waals surface area contributed by atoms with Gasteiger partial charge in [-0.2, -0.15) is 8.42 Å². The number of hydrogen-bond donors (Lipinski definition) is 4. The molecule has 1 aliphatic rings. The van der Waals surface area contributed by atoms with Crippen molar-refractivity contribution in [2.45, 2.75) is 205 Å². The molecule has 0 radical (unpaired) electrons. The van der Waals surface area contributed by atoms with Gasteiger partial charge in [0.1, 0.15) is 36.8 Å². The van der Waals surface area contributed by atoms with E-state index in [2.05, 4.69) is 38.2 Å². The first-order valence-corrected chi connectivity index (χ1v) is 24.5. The number of aliphatic hydroxyl groups excluding tert-OH is 3. The van der Waals surface area contributed by atoms with Crippen LogP contribution in [0, 0.1) is 0 Å². The fourth-order valence-corrected chi connectivity index (χ4v) is 7.31. The lowest BCUT2D eigenvalue weighted by Gasteiger charge is -2.40. The summed E-state index contributed by atoms with van der Waals surface area (Å²) in [7, 11) is -4.61. The molecule has 0 bridgehead atoms. The number of unbranched alkanes of at least 4 members (excludes halogenated alkanes) is 18. The molecule has 1 aliphatic heterocycles. The second-order valence-electron chi connectivity index (χ2n) is 15.8. The first-order valence-electron chi connectivity index (χ1n) is 22.9. The Balaban J connectivity index is 2.46. The monoisotopic (exact) mass is 869 g/mol. The Morgan fingerprint density at radius 3 is 1.62 bits per heavy atom. The molecule has 13 heteroatoms. The van der Waals surface area contributed by atoms with E-state index in [1.54, 1.807) is 0 Å². The molecule has 0 aromatic heterocycles. The van der Waals surface area contributed by atoms with Crippen LogP contribution in [0.3, 0.4) is 0 Å². The van der Waals surface area contributed by atoms with Gasteiger partial charge < -0.3 is 34.3 Å². The summed E-state index contributed by atoms with van der Waals surface area (Å²) in [5, 5.41) is 30.9. The number of hydrogen-bond acceptors (Lipinski definition) is 11. The quantitative estimate of drug-likeness (QED) is 0.0153. The number of allylic oxidation sites excluding steroid dienone is 10. The van der Waals surface area contributed by atoms with Crippen molar-refractivity contribution in [2.24, 2.45) is 0 Å². The molecule has 4 N–H and O–H groups in total. The predicted molar refractivity (Wildman–Crippen MR) is 238 cm³/mol. The van der Waals surface area contributed by atoms with E-state index in [1.165, 1.54) is 57.8 Å². The van der Waals surface area contributed by atoms with E-state index < -0.39 is 71.2 Å². The average Bonchev–Trinajstić information content (AvgIpc) is 3.21. The van der Waals surface area contributed by atoms with Gasteiger partial charge in [0.05, 0.1) is 6.61 Å². The highest BCUT2D eigenvalue weighted by Gasteiger charge is 2.46. The molecular formula is C47H80O12S. The highest BCUT2D eigenvalue weighted by molar-refractivity contribution is 7.85. The fraction of sp³-hybridized carbons (Fsp3) is 0.745.